The van der Waals surface area contributed by atoms with E-state index in [0.717, 1.165) is 0 Å². The normalized spacial score (nSPS) is 24.6. The molecule has 112 valence electrons. The van der Waals surface area contributed by atoms with Crippen LogP contribution in [-0.4, -0.2) is 44.1 Å². The van der Waals surface area contributed by atoms with Crippen molar-refractivity contribution in [3.05, 3.63) is 18.2 Å². The molecule has 2 atom stereocenters. The van der Waals surface area contributed by atoms with Gasteiger partial charge in [-0.3, -0.25) is 0 Å². The van der Waals surface area contributed by atoms with Crippen molar-refractivity contribution in [1.29, 1.82) is 0 Å². The summed E-state index contributed by atoms with van der Waals surface area (Å²) in [6, 6.07) is 4.39. The lowest BCUT2D eigenvalue weighted by molar-refractivity contribution is 0.0605. The maximum Gasteiger partial charge on any atom is 0.243 e. The Morgan fingerprint density at radius 1 is 1.45 bits per heavy atom. The third kappa shape index (κ3) is 2.74. The van der Waals surface area contributed by atoms with Gasteiger partial charge in [-0.25, -0.2) is 8.42 Å². The fraction of sp³-hybridized carbons (Fsp3) is 0.538. The van der Waals surface area contributed by atoms with Crippen molar-refractivity contribution in [3.63, 3.8) is 0 Å². The molecule has 2 unspecified atom stereocenters. The van der Waals surface area contributed by atoms with Crippen molar-refractivity contribution in [2.45, 2.75) is 24.3 Å². The molecule has 1 aromatic rings. The summed E-state index contributed by atoms with van der Waals surface area (Å²) in [5.41, 5.74) is 6.03. The highest BCUT2D eigenvalue weighted by Gasteiger charge is 2.32. The molecule has 0 aromatic heterocycles. The number of nitrogens with two attached hydrogens (primary N) is 1. The Morgan fingerprint density at radius 3 is 2.70 bits per heavy atom. The third-order valence-corrected chi connectivity index (χ3v) is 5.58. The largest absolute Gasteiger partial charge is 0.495 e. The van der Waals surface area contributed by atoms with E-state index in [2.05, 4.69) is 0 Å². The number of anilines is 1. The number of nitrogens with zero attached hydrogens (tertiary/aromatic N) is 1. The lowest BCUT2D eigenvalue weighted by atomic mass is 9.98. The van der Waals surface area contributed by atoms with E-state index in [1.807, 2.05) is 6.92 Å². The second-order valence-corrected chi connectivity index (χ2v) is 7.04. The second-order valence-electron chi connectivity index (χ2n) is 5.10. The van der Waals surface area contributed by atoms with Gasteiger partial charge in [0.15, 0.2) is 0 Å². The first kappa shape index (κ1) is 15.1. The minimum absolute atomic E-state index is 0.113. The lowest BCUT2D eigenvalue weighted by Gasteiger charge is -2.33. The van der Waals surface area contributed by atoms with Gasteiger partial charge in [0.25, 0.3) is 0 Å². The van der Waals surface area contributed by atoms with Crippen molar-refractivity contribution in [1.82, 2.24) is 4.31 Å². The summed E-state index contributed by atoms with van der Waals surface area (Å²) >= 11 is 0. The van der Waals surface area contributed by atoms with Crippen LogP contribution in [0.4, 0.5) is 5.69 Å². The Balaban J connectivity index is 2.29. The van der Waals surface area contributed by atoms with E-state index in [1.165, 1.54) is 29.6 Å². The van der Waals surface area contributed by atoms with Gasteiger partial charge in [0.1, 0.15) is 5.75 Å². The third-order valence-electron chi connectivity index (χ3n) is 3.72. The van der Waals surface area contributed by atoms with Gasteiger partial charge >= 0.3 is 0 Å². The van der Waals surface area contributed by atoms with E-state index < -0.39 is 16.1 Å². The molecular formula is C13H20N2O4S. The van der Waals surface area contributed by atoms with E-state index in [-0.39, 0.29) is 23.0 Å². The predicted octanol–water partition coefficient (Wildman–Crippen LogP) is 0.669. The number of piperidine rings is 1. The van der Waals surface area contributed by atoms with Crippen molar-refractivity contribution < 1.29 is 18.3 Å². The number of rotatable bonds is 3. The predicted molar refractivity (Wildman–Crippen MR) is 76.0 cm³/mol. The summed E-state index contributed by atoms with van der Waals surface area (Å²) in [7, 11) is -2.15. The molecule has 0 aliphatic carbocycles. The van der Waals surface area contributed by atoms with Crippen LogP contribution in [0.25, 0.3) is 0 Å². The summed E-state index contributed by atoms with van der Waals surface area (Å²) in [6.07, 6.45) is 0.0144. The molecule has 1 aliphatic rings. The molecule has 0 amide bonds. The van der Waals surface area contributed by atoms with Crippen LogP contribution in [0.5, 0.6) is 5.75 Å². The zero-order chi connectivity index (χ0) is 14.9. The molecule has 2 rings (SSSR count). The van der Waals surface area contributed by atoms with Crippen LogP contribution in [0.2, 0.25) is 0 Å². The first-order chi connectivity index (χ1) is 9.36. The number of benzene rings is 1. The monoisotopic (exact) mass is 300 g/mol. The molecule has 0 saturated carbocycles. The van der Waals surface area contributed by atoms with Crippen LogP contribution in [0.1, 0.15) is 13.3 Å². The van der Waals surface area contributed by atoms with Crippen LogP contribution in [-0.2, 0) is 10.0 Å². The Morgan fingerprint density at radius 2 is 2.15 bits per heavy atom. The Labute approximate surface area is 119 Å². The molecule has 0 spiro atoms. The van der Waals surface area contributed by atoms with E-state index in [9.17, 15) is 13.5 Å². The molecule has 1 aromatic carbocycles. The highest BCUT2D eigenvalue weighted by Crippen LogP contribution is 2.28. The fourth-order valence-electron chi connectivity index (χ4n) is 2.26. The summed E-state index contributed by atoms with van der Waals surface area (Å²) in [4.78, 5) is 0.123. The molecule has 1 heterocycles. The first-order valence-electron chi connectivity index (χ1n) is 6.48. The van der Waals surface area contributed by atoms with Gasteiger partial charge in [0.2, 0.25) is 10.0 Å². The maximum absolute atomic E-state index is 12.5. The molecule has 0 radical (unpaired) electrons. The average molecular weight is 300 g/mol. The summed E-state index contributed by atoms with van der Waals surface area (Å²) in [5, 5.41) is 9.84. The van der Waals surface area contributed by atoms with Crippen LogP contribution in [0.3, 0.4) is 0 Å². The molecule has 0 bridgehead atoms. The molecule has 3 N–H and O–H groups in total. The summed E-state index contributed by atoms with van der Waals surface area (Å²) in [6.45, 7) is 2.45. The average Bonchev–Trinajstić information content (AvgIpc) is 2.41. The van der Waals surface area contributed by atoms with E-state index >= 15 is 0 Å². The molecular weight excluding hydrogens is 280 g/mol. The van der Waals surface area contributed by atoms with Crippen molar-refractivity contribution in [2.24, 2.45) is 5.92 Å². The molecule has 7 heteroatoms. The van der Waals surface area contributed by atoms with Crippen molar-refractivity contribution in [2.75, 3.05) is 25.9 Å². The number of β-amino-alcohol motifs (C(OH)–C–C–N with tert-alkyl or cyclic N) is 1. The van der Waals surface area contributed by atoms with Gasteiger partial charge in [0, 0.05) is 13.1 Å². The van der Waals surface area contributed by atoms with Crippen LogP contribution in [0.15, 0.2) is 23.1 Å². The van der Waals surface area contributed by atoms with Crippen LogP contribution < -0.4 is 10.5 Å². The quantitative estimate of drug-likeness (QED) is 0.800. The molecule has 1 fully saturated rings. The SMILES string of the molecule is COc1ccc(S(=O)(=O)N2CCC(C)C(O)C2)cc1N. The molecule has 6 nitrogen and oxygen atoms in total. The zero-order valence-corrected chi connectivity index (χ0v) is 12.4. The number of aliphatic hydroxyl groups excluding tert-OH is 1. The Bertz CT molecular complexity index is 588. The van der Waals surface area contributed by atoms with Gasteiger partial charge in [-0.15, -0.1) is 0 Å². The number of nitrogen functional groups attached to an aromatic ring is 1. The van der Waals surface area contributed by atoms with Gasteiger partial charge in [-0.05, 0) is 30.5 Å². The van der Waals surface area contributed by atoms with Gasteiger partial charge in [-0.2, -0.15) is 4.31 Å². The first-order valence-corrected chi connectivity index (χ1v) is 7.92. The maximum atomic E-state index is 12.5. The Hall–Kier alpha value is -1.31. The number of hydrogen-bond donors (Lipinski definition) is 2. The molecule has 1 saturated heterocycles. The minimum Gasteiger partial charge on any atom is -0.495 e. The van der Waals surface area contributed by atoms with Gasteiger partial charge in [0.05, 0.1) is 23.8 Å². The number of aliphatic hydroxyl groups is 1. The lowest BCUT2D eigenvalue weighted by Crippen LogP contribution is -2.45. The number of methoxy groups -OCH3 is 1. The number of sulfonamides is 1. The standard InChI is InChI=1S/C13H20N2O4S/c1-9-5-6-15(8-12(9)16)20(17,18)10-3-4-13(19-2)11(14)7-10/h3-4,7,9,12,16H,5-6,8,14H2,1-2H3. The highest BCUT2D eigenvalue weighted by molar-refractivity contribution is 7.89. The highest BCUT2D eigenvalue weighted by atomic mass is 32.2. The fourth-order valence-corrected chi connectivity index (χ4v) is 3.77. The van der Waals surface area contributed by atoms with E-state index in [4.69, 9.17) is 10.5 Å². The Kier molecular flexibility index (Phi) is 4.22. The van der Waals surface area contributed by atoms with E-state index in [0.29, 0.717) is 18.7 Å². The molecule has 1 aliphatic heterocycles. The van der Waals surface area contributed by atoms with E-state index in [1.54, 1.807) is 0 Å². The topological polar surface area (TPSA) is 92.9 Å². The van der Waals surface area contributed by atoms with Gasteiger partial charge < -0.3 is 15.6 Å². The second kappa shape index (κ2) is 5.59. The smallest absolute Gasteiger partial charge is 0.243 e. The van der Waals surface area contributed by atoms with Crippen LogP contribution >= 0.6 is 0 Å². The summed E-state index contributed by atoms with van der Waals surface area (Å²) in [5.74, 6) is 0.554. The van der Waals surface area contributed by atoms with Crippen molar-refractivity contribution in [3.8, 4) is 5.75 Å². The number of hydrogen-bond acceptors (Lipinski definition) is 5. The van der Waals surface area contributed by atoms with Crippen molar-refractivity contribution >= 4 is 15.7 Å². The minimum atomic E-state index is -3.63. The zero-order valence-electron chi connectivity index (χ0n) is 11.6. The summed E-state index contributed by atoms with van der Waals surface area (Å²) < 4.78 is 31.3. The van der Waals surface area contributed by atoms with Crippen LogP contribution in [0, 0.1) is 5.92 Å². The van der Waals surface area contributed by atoms with Gasteiger partial charge in [-0.1, -0.05) is 6.92 Å². The number of ether oxygens (including phenoxy) is 1. The molecule has 20 heavy (non-hydrogen) atoms.